The Labute approximate surface area is 212 Å². The van der Waals surface area contributed by atoms with E-state index in [-0.39, 0.29) is 4.90 Å². The molecule has 3 rings (SSSR count). The summed E-state index contributed by atoms with van der Waals surface area (Å²) in [6.45, 7) is 9.05. The molecule has 1 aromatic heterocycles. The van der Waals surface area contributed by atoms with Gasteiger partial charge in [-0.3, -0.25) is 4.90 Å². The van der Waals surface area contributed by atoms with Gasteiger partial charge in [0.15, 0.2) is 15.4 Å². The molecule has 0 bridgehead atoms. The number of sulfone groups is 1. The minimum atomic E-state index is -3.25. The van der Waals surface area contributed by atoms with Gasteiger partial charge in [0.1, 0.15) is 23.9 Å². The number of rotatable bonds is 12. The Bertz CT molecular complexity index is 1260. The van der Waals surface area contributed by atoms with E-state index in [1.807, 2.05) is 38.1 Å². The molecular weight excluding hydrogens is 482 g/mol. The van der Waals surface area contributed by atoms with Gasteiger partial charge in [-0.1, -0.05) is 12.1 Å². The standard InChI is InChI=1S/C27H33NO7S/c1-19-15-21(16-20(2)25(19)35-27(3,4)26(29)30)17-28(18-23-7-6-13-33-23)12-14-34-22-8-10-24(11-9-22)36(5,31)32/h6-11,13,15-16H,12,14,17-18H2,1-5H3,(H,29,30). The minimum Gasteiger partial charge on any atom is -0.492 e. The predicted octanol–water partition coefficient (Wildman–Crippen LogP) is 4.62. The highest BCUT2D eigenvalue weighted by Crippen LogP contribution is 2.29. The summed E-state index contributed by atoms with van der Waals surface area (Å²) < 4.78 is 40.5. The minimum absolute atomic E-state index is 0.249. The molecule has 9 heteroatoms. The van der Waals surface area contributed by atoms with E-state index in [2.05, 4.69) is 4.90 Å². The van der Waals surface area contributed by atoms with Crippen LogP contribution in [0.2, 0.25) is 0 Å². The van der Waals surface area contributed by atoms with Crippen molar-refractivity contribution in [3.63, 3.8) is 0 Å². The lowest BCUT2D eigenvalue weighted by molar-refractivity contribution is -0.152. The summed E-state index contributed by atoms with van der Waals surface area (Å²) in [6.07, 6.45) is 2.81. The number of hydrogen-bond donors (Lipinski definition) is 1. The average Bonchev–Trinajstić information content (AvgIpc) is 3.29. The third kappa shape index (κ3) is 7.35. The molecule has 0 saturated carbocycles. The smallest absolute Gasteiger partial charge is 0.347 e. The first-order chi connectivity index (χ1) is 16.8. The molecule has 1 N–H and O–H groups in total. The molecule has 0 radical (unpaired) electrons. The summed E-state index contributed by atoms with van der Waals surface area (Å²) in [5.74, 6) is 0.962. The van der Waals surface area contributed by atoms with Gasteiger partial charge in [-0.15, -0.1) is 0 Å². The van der Waals surface area contributed by atoms with E-state index in [1.54, 1.807) is 18.4 Å². The molecule has 0 atom stereocenters. The highest BCUT2D eigenvalue weighted by Gasteiger charge is 2.30. The van der Waals surface area contributed by atoms with Crippen molar-refractivity contribution < 1.29 is 32.2 Å². The molecule has 8 nitrogen and oxygen atoms in total. The quantitative estimate of drug-likeness (QED) is 0.372. The summed E-state index contributed by atoms with van der Waals surface area (Å²) in [5.41, 5.74) is 1.44. The van der Waals surface area contributed by atoms with Gasteiger partial charge in [0.05, 0.1) is 17.7 Å². The number of hydrogen-bond acceptors (Lipinski definition) is 7. The van der Waals surface area contributed by atoms with Gasteiger partial charge < -0.3 is 19.0 Å². The summed E-state index contributed by atoms with van der Waals surface area (Å²) in [5, 5.41) is 9.42. The summed E-state index contributed by atoms with van der Waals surface area (Å²) in [6, 6.07) is 14.1. The van der Waals surface area contributed by atoms with Crippen LogP contribution in [0.1, 0.15) is 36.3 Å². The lowest BCUT2D eigenvalue weighted by atomic mass is 10.0. The fourth-order valence-corrected chi connectivity index (χ4v) is 4.39. The highest BCUT2D eigenvalue weighted by molar-refractivity contribution is 7.90. The van der Waals surface area contributed by atoms with Gasteiger partial charge in [-0.05, 0) is 80.8 Å². The van der Waals surface area contributed by atoms with Crippen LogP contribution in [0.25, 0.3) is 0 Å². The highest BCUT2D eigenvalue weighted by atomic mass is 32.2. The number of aryl methyl sites for hydroxylation is 2. The molecule has 0 aliphatic rings. The van der Waals surface area contributed by atoms with Crippen LogP contribution in [-0.2, 0) is 27.7 Å². The number of benzene rings is 2. The van der Waals surface area contributed by atoms with E-state index in [0.29, 0.717) is 37.7 Å². The maximum Gasteiger partial charge on any atom is 0.347 e. The van der Waals surface area contributed by atoms with E-state index in [4.69, 9.17) is 13.9 Å². The molecule has 0 fully saturated rings. The van der Waals surface area contributed by atoms with Gasteiger partial charge in [0.25, 0.3) is 0 Å². The predicted molar refractivity (Wildman–Crippen MR) is 136 cm³/mol. The van der Waals surface area contributed by atoms with Gasteiger partial charge in [0, 0.05) is 19.3 Å². The number of ether oxygens (including phenoxy) is 2. The van der Waals surface area contributed by atoms with Gasteiger partial charge in [0.2, 0.25) is 0 Å². The molecule has 3 aromatic rings. The molecule has 0 spiro atoms. The molecule has 0 unspecified atom stereocenters. The molecule has 2 aromatic carbocycles. The van der Waals surface area contributed by atoms with Gasteiger partial charge >= 0.3 is 5.97 Å². The second kappa shape index (κ2) is 11.2. The van der Waals surface area contributed by atoms with Crippen LogP contribution in [0.5, 0.6) is 11.5 Å². The van der Waals surface area contributed by atoms with E-state index >= 15 is 0 Å². The molecular formula is C27H33NO7S. The topological polar surface area (TPSA) is 106 Å². The van der Waals surface area contributed by atoms with Gasteiger partial charge in [-0.2, -0.15) is 0 Å². The zero-order valence-electron chi connectivity index (χ0n) is 21.3. The van der Waals surface area contributed by atoms with Crippen molar-refractivity contribution in [2.45, 2.75) is 51.3 Å². The Balaban J connectivity index is 1.71. The molecule has 1 heterocycles. The maximum absolute atomic E-state index is 11.6. The van der Waals surface area contributed by atoms with Crippen molar-refractivity contribution >= 4 is 15.8 Å². The van der Waals surface area contributed by atoms with Crippen LogP contribution in [-0.4, -0.2) is 49.4 Å². The Hall–Kier alpha value is -3.30. The van der Waals surface area contributed by atoms with Crippen LogP contribution < -0.4 is 9.47 Å². The molecule has 0 aliphatic carbocycles. The van der Waals surface area contributed by atoms with Crippen molar-refractivity contribution in [2.24, 2.45) is 0 Å². The number of nitrogens with zero attached hydrogens (tertiary/aromatic N) is 1. The van der Waals surface area contributed by atoms with E-state index < -0.39 is 21.4 Å². The first-order valence-corrected chi connectivity index (χ1v) is 13.4. The average molecular weight is 516 g/mol. The van der Waals surface area contributed by atoms with Crippen molar-refractivity contribution in [3.8, 4) is 11.5 Å². The van der Waals surface area contributed by atoms with Crippen LogP contribution >= 0.6 is 0 Å². The number of aliphatic carboxylic acids is 1. The first-order valence-electron chi connectivity index (χ1n) is 11.6. The molecule has 194 valence electrons. The summed E-state index contributed by atoms with van der Waals surface area (Å²) >= 11 is 0. The van der Waals surface area contributed by atoms with Crippen molar-refractivity contribution in [1.82, 2.24) is 4.90 Å². The fraction of sp³-hybridized carbons (Fsp3) is 0.370. The normalized spacial score (nSPS) is 12.1. The molecule has 0 amide bonds. The number of carboxylic acids is 1. The Morgan fingerprint density at radius 3 is 2.22 bits per heavy atom. The number of furan rings is 1. The fourth-order valence-electron chi connectivity index (χ4n) is 3.76. The third-order valence-electron chi connectivity index (χ3n) is 5.69. The number of carbonyl (C=O) groups is 1. The largest absolute Gasteiger partial charge is 0.492 e. The summed E-state index contributed by atoms with van der Waals surface area (Å²) in [4.78, 5) is 13.9. The lowest BCUT2D eigenvalue weighted by Gasteiger charge is -2.26. The van der Waals surface area contributed by atoms with Gasteiger partial charge in [-0.25, -0.2) is 13.2 Å². The number of carboxylic acid groups (broad SMARTS) is 1. The summed E-state index contributed by atoms with van der Waals surface area (Å²) in [7, 11) is -3.25. The first kappa shape index (κ1) is 27.3. The van der Waals surface area contributed by atoms with E-state index in [0.717, 1.165) is 22.5 Å². The molecule has 0 saturated heterocycles. The van der Waals surface area contributed by atoms with Crippen LogP contribution in [0.15, 0.2) is 64.1 Å². The van der Waals surface area contributed by atoms with Crippen molar-refractivity contribution in [1.29, 1.82) is 0 Å². The molecule has 36 heavy (non-hydrogen) atoms. The van der Waals surface area contributed by atoms with E-state index in [1.165, 1.54) is 32.2 Å². The second-order valence-electron chi connectivity index (χ2n) is 9.36. The van der Waals surface area contributed by atoms with Crippen LogP contribution in [0.4, 0.5) is 0 Å². The van der Waals surface area contributed by atoms with Crippen LogP contribution in [0.3, 0.4) is 0 Å². The zero-order valence-corrected chi connectivity index (χ0v) is 22.1. The zero-order chi connectivity index (χ0) is 26.5. The van der Waals surface area contributed by atoms with Crippen molar-refractivity contribution in [2.75, 3.05) is 19.4 Å². The maximum atomic E-state index is 11.6. The second-order valence-corrected chi connectivity index (χ2v) is 11.4. The molecule has 0 aliphatic heterocycles. The SMILES string of the molecule is Cc1cc(CN(CCOc2ccc(S(C)(=O)=O)cc2)Cc2ccco2)cc(C)c1OC(C)(C)C(=O)O. The Morgan fingerprint density at radius 1 is 1.06 bits per heavy atom. The van der Waals surface area contributed by atoms with Crippen molar-refractivity contribution in [3.05, 3.63) is 77.2 Å². The lowest BCUT2D eigenvalue weighted by Crippen LogP contribution is -2.38. The monoisotopic (exact) mass is 515 g/mol. The Morgan fingerprint density at radius 2 is 1.69 bits per heavy atom. The van der Waals surface area contributed by atoms with E-state index in [9.17, 15) is 18.3 Å². The Kier molecular flexibility index (Phi) is 8.47. The third-order valence-corrected chi connectivity index (χ3v) is 6.81. The van der Waals surface area contributed by atoms with Crippen LogP contribution in [0, 0.1) is 13.8 Å².